The van der Waals surface area contributed by atoms with Crippen LogP contribution in [0.15, 0.2) is 18.2 Å². The van der Waals surface area contributed by atoms with Crippen molar-refractivity contribution in [3.63, 3.8) is 0 Å². The average molecular weight is 343 g/mol. The zero-order valence-corrected chi connectivity index (χ0v) is 16.0. The second kappa shape index (κ2) is 6.47. The van der Waals surface area contributed by atoms with Gasteiger partial charge in [-0.15, -0.1) is 0 Å². The molecule has 1 aromatic rings. The number of rotatable bonds is 2. The minimum absolute atomic E-state index is 0.0115. The molecule has 0 radical (unpaired) electrons. The van der Waals surface area contributed by atoms with E-state index in [1.54, 1.807) is 0 Å². The first-order valence-corrected chi connectivity index (χ1v) is 9.28. The van der Waals surface area contributed by atoms with E-state index in [2.05, 4.69) is 6.07 Å². The highest BCUT2D eigenvalue weighted by atomic mass is 16.6. The van der Waals surface area contributed by atoms with E-state index in [1.165, 1.54) is 0 Å². The minimum atomic E-state index is -0.484. The summed E-state index contributed by atoms with van der Waals surface area (Å²) in [6.07, 6.45) is 3.22. The van der Waals surface area contributed by atoms with Crippen LogP contribution in [0.3, 0.4) is 0 Å². The fraction of sp³-hybridized carbons (Fsp3) is 0.619. The molecule has 1 aromatic carbocycles. The molecule has 1 amide bonds. The SMILES string of the molecule is Cc1cc(C)cc(C(=O)C2CC3CCC(C2)N3C(=O)OC(C)(C)C)c1. The summed E-state index contributed by atoms with van der Waals surface area (Å²) in [6, 6.07) is 6.32. The number of nitrogens with zero attached hydrogens (tertiary/aromatic N) is 1. The zero-order chi connectivity index (χ0) is 18.4. The predicted molar refractivity (Wildman–Crippen MR) is 97.9 cm³/mol. The zero-order valence-electron chi connectivity index (χ0n) is 16.0. The van der Waals surface area contributed by atoms with Gasteiger partial charge in [0.1, 0.15) is 5.60 Å². The Balaban J connectivity index is 1.73. The standard InChI is InChI=1S/C21H29NO3/c1-13-8-14(2)10-15(9-13)19(23)16-11-17-6-7-18(12-16)22(17)20(24)25-21(3,4)5/h8-10,16-18H,6-7,11-12H2,1-5H3. The fourth-order valence-corrected chi connectivity index (χ4v) is 4.36. The van der Waals surface area contributed by atoms with Gasteiger partial charge >= 0.3 is 6.09 Å². The Bertz CT molecular complexity index is 655. The monoisotopic (exact) mass is 343 g/mol. The highest BCUT2D eigenvalue weighted by Gasteiger charge is 2.46. The number of hydrogen-bond acceptors (Lipinski definition) is 3. The summed E-state index contributed by atoms with van der Waals surface area (Å²) in [5.41, 5.74) is 2.57. The van der Waals surface area contributed by atoms with Crippen LogP contribution in [0.25, 0.3) is 0 Å². The first kappa shape index (κ1) is 18.0. The summed E-state index contributed by atoms with van der Waals surface area (Å²) >= 11 is 0. The molecule has 2 fully saturated rings. The molecule has 0 N–H and O–H groups in total. The highest BCUT2D eigenvalue weighted by molar-refractivity contribution is 5.98. The molecule has 2 aliphatic heterocycles. The van der Waals surface area contributed by atoms with Gasteiger partial charge in [-0.05, 0) is 72.4 Å². The van der Waals surface area contributed by atoms with Crippen LogP contribution < -0.4 is 0 Å². The molecule has 0 aromatic heterocycles. The molecule has 2 heterocycles. The Labute approximate surface area is 150 Å². The molecule has 2 unspecified atom stereocenters. The van der Waals surface area contributed by atoms with Crippen molar-refractivity contribution in [2.75, 3.05) is 0 Å². The number of aryl methyl sites for hydroxylation is 2. The minimum Gasteiger partial charge on any atom is -0.444 e. The fourth-order valence-electron chi connectivity index (χ4n) is 4.36. The summed E-state index contributed by atoms with van der Waals surface area (Å²) in [6.45, 7) is 9.73. The lowest BCUT2D eigenvalue weighted by Crippen LogP contribution is -2.49. The van der Waals surface area contributed by atoms with Crippen LogP contribution in [0.1, 0.15) is 67.9 Å². The van der Waals surface area contributed by atoms with Gasteiger partial charge in [-0.2, -0.15) is 0 Å². The molecule has 4 heteroatoms. The first-order chi connectivity index (χ1) is 11.6. The molecule has 2 bridgehead atoms. The van der Waals surface area contributed by atoms with Gasteiger partial charge in [0.15, 0.2) is 5.78 Å². The van der Waals surface area contributed by atoms with E-state index in [-0.39, 0.29) is 29.9 Å². The summed E-state index contributed by atoms with van der Waals surface area (Å²) in [7, 11) is 0. The Morgan fingerprint density at radius 1 is 1.00 bits per heavy atom. The number of ketones is 1. The third kappa shape index (κ3) is 3.88. The van der Waals surface area contributed by atoms with Gasteiger partial charge in [-0.3, -0.25) is 4.79 Å². The van der Waals surface area contributed by atoms with Gasteiger partial charge in [0.25, 0.3) is 0 Å². The number of piperidine rings is 1. The number of hydrogen-bond donors (Lipinski definition) is 0. The molecule has 2 aliphatic rings. The van der Waals surface area contributed by atoms with Crippen LogP contribution in [-0.2, 0) is 4.74 Å². The molecule has 2 saturated heterocycles. The quantitative estimate of drug-likeness (QED) is 0.734. The molecule has 25 heavy (non-hydrogen) atoms. The lowest BCUT2D eigenvalue weighted by molar-refractivity contribution is 0.00254. The second-order valence-electron chi connectivity index (χ2n) is 8.68. The summed E-state index contributed by atoms with van der Waals surface area (Å²) in [4.78, 5) is 27.4. The maximum Gasteiger partial charge on any atom is 0.410 e. The van der Waals surface area contributed by atoms with Crippen LogP contribution in [0.5, 0.6) is 0 Å². The van der Waals surface area contributed by atoms with Crippen molar-refractivity contribution in [3.8, 4) is 0 Å². The van der Waals surface area contributed by atoms with Crippen molar-refractivity contribution in [2.24, 2.45) is 5.92 Å². The Morgan fingerprint density at radius 2 is 1.52 bits per heavy atom. The van der Waals surface area contributed by atoms with Crippen LogP contribution >= 0.6 is 0 Å². The van der Waals surface area contributed by atoms with Crippen LogP contribution in [0.2, 0.25) is 0 Å². The third-order valence-corrected chi connectivity index (χ3v) is 5.21. The van der Waals surface area contributed by atoms with Crippen LogP contribution in [-0.4, -0.2) is 34.5 Å². The van der Waals surface area contributed by atoms with Crippen molar-refractivity contribution in [3.05, 3.63) is 34.9 Å². The van der Waals surface area contributed by atoms with Crippen molar-refractivity contribution in [2.45, 2.75) is 78.0 Å². The number of amides is 1. The predicted octanol–water partition coefficient (Wildman–Crippen LogP) is 4.66. The van der Waals surface area contributed by atoms with E-state index in [1.807, 2.05) is 51.7 Å². The third-order valence-electron chi connectivity index (χ3n) is 5.21. The summed E-state index contributed by atoms with van der Waals surface area (Å²) in [5, 5.41) is 0. The number of fused-ring (bicyclic) bond motifs is 2. The smallest absolute Gasteiger partial charge is 0.410 e. The topological polar surface area (TPSA) is 46.6 Å². The van der Waals surface area contributed by atoms with Gasteiger partial charge in [0.2, 0.25) is 0 Å². The Hall–Kier alpha value is -1.84. The Kier molecular flexibility index (Phi) is 4.65. The van der Waals surface area contributed by atoms with Gasteiger partial charge in [0.05, 0.1) is 0 Å². The average Bonchev–Trinajstić information content (AvgIpc) is 2.74. The van der Waals surface area contributed by atoms with E-state index < -0.39 is 5.60 Å². The number of carbonyl (C=O) groups excluding carboxylic acids is 2. The van der Waals surface area contributed by atoms with Crippen LogP contribution in [0.4, 0.5) is 4.79 Å². The maximum atomic E-state index is 13.0. The highest BCUT2D eigenvalue weighted by Crippen LogP contribution is 2.40. The van der Waals surface area contributed by atoms with E-state index in [4.69, 9.17) is 4.74 Å². The van der Waals surface area contributed by atoms with Gasteiger partial charge in [-0.1, -0.05) is 17.2 Å². The molecular formula is C21H29NO3. The van der Waals surface area contributed by atoms with E-state index in [0.29, 0.717) is 0 Å². The lowest BCUT2D eigenvalue weighted by atomic mass is 9.84. The van der Waals surface area contributed by atoms with Crippen molar-refractivity contribution < 1.29 is 14.3 Å². The van der Waals surface area contributed by atoms with Gasteiger partial charge in [-0.25, -0.2) is 4.79 Å². The normalized spacial score (nSPS) is 25.8. The largest absolute Gasteiger partial charge is 0.444 e. The number of Topliss-reactive ketones (excluding diaryl/α,β-unsaturated/α-hetero) is 1. The van der Waals surface area contributed by atoms with Crippen LogP contribution in [0, 0.1) is 19.8 Å². The van der Waals surface area contributed by atoms with Crippen molar-refractivity contribution in [1.29, 1.82) is 0 Å². The summed E-state index contributed by atoms with van der Waals surface area (Å²) < 4.78 is 5.57. The number of benzene rings is 1. The molecule has 4 nitrogen and oxygen atoms in total. The maximum absolute atomic E-state index is 13.0. The number of carbonyl (C=O) groups is 2. The van der Waals surface area contributed by atoms with Gasteiger partial charge in [0, 0.05) is 23.6 Å². The molecule has 0 saturated carbocycles. The molecule has 3 rings (SSSR count). The number of ether oxygens (including phenoxy) is 1. The Morgan fingerprint density at radius 3 is 2.00 bits per heavy atom. The molecule has 136 valence electrons. The molecule has 0 spiro atoms. The van der Waals surface area contributed by atoms with Crippen molar-refractivity contribution in [1.82, 2.24) is 4.90 Å². The van der Waals surface area contributed by atoms with Crippen molar-refractivity contribution >= 4 is 11.9 Å². The van der Waals surface area contributed by atoms with E-state index in [0.717, 1.165) is 42.4 Å². The first-order valence-electron chi connectivity index (χ1n) is 9.28. The summed E-state index contributed by atoms with van der Waals surface area (Å²) in [5.74, 6) is 0.241. The molecule has 0 aliphatic carbocycles. The van der Waals surface area contributed by atoms with E-state index in [9.17, 15) is 9.59 Å². The lowest BCUT2D eigenvalue weighted by Gasteiger charge is -2.39. The molecular weight excluding hydrogens is 314 g/mol. The molecule has 2 atom stereocenters. The van der Waals surface area contributed by atoms with Gasteiger partial charge < -0.3 is 9.64 Å². The van der Waals surface area contributed by atoms with E-state index >= 15 is 0 Å². The second-order valence-corrected chi connectivity index (χ2v) is 8.68.